The summed E-state index contributed by atoms with van der Waals surface area (Å²) in [5.74, 6) is 1.08. The number of rotatable bonds is 2. The van der Waals surface area contributed by atoms with Gasteiger partial charge in [0.05, 0.1) is 5.71 Å². The van der Waals surface area contributed by atoms with Crippen molar-refractivity contribution in [3.05, 3.63) is 42.0 Å². The van der Waals surface area contributed by atoms with Crippen LogP contribution in [0.25, 0.3) is 0 Å². The van der Waals surface area contributed by atoms with Gasteiger partial charge in [-0.15, -0.1) is 0 Å². The van der Waals surface area contributed by atoms with Gasteiger partial charge >= 0.3 is 6.09 Å². The molecule has 2 bridgehead atoms. The third-order valence-corrected chi connectivity index (χ3v) is 5.24. The predicted octanol–water partition coefficient (Wildman–Crippen LogP) is 4.52. The summed E-state index contributed by atoms with van der Waals surface area (Å²) >= 11 is 0. The number of fused-ring (bicyclic) bond motifs is 2. The Labute approximate surface area is 131 Å². The summed E-state index contributed by atoms with van der Waals surface area (Å²) in [6.07, 6.45) is 1.46. The van der Waals surface area contributed by atoms with Gasteiger partial charge in [-0.05, 0) is 54.7 Å². The maximum atomic E-state index is 11.8. The second kappa shape index (κ2) is 5.27. The van der Waals surface area contributed by atoms with Gasteiger partial charge in [0.1, 0.15) is 0 Å². The van der Waals surface area contributed by atoms with Crippen molar-refractivity contribution in [3.63, 3.8) is 0 Å². The normalized spacial score (nSPS) is 27.2. The molecule has 4 nitrogen and oxygen atoms in total. The highest BCUT2D eigenvalue weighted by Gasteiger charge is 2.54. The first-order chi connectivity index (χ1) is 10.4. The third kappa shape index (κ3) is 2.54. The fourth-order valence-corrected chi connectivity index (χ4v) is 3.49. The van der Waals surface area contributed by atoms with Gasteiger partial charge in [-0.3, -0.25) is 10.2 Å². The molecule has 3 fully saturated rings. The number of benzene rings is 1. The van der Waals surface area contributed by atoms with Crippen LogP contribution in [0.4, 0.5) is 10.5 Å². The number of hydrogen-bond donors (Lipinski definition) is 1. The van der Waals surface area contributed by atoms with Gasteiger partial charge in [0, 0.05) is 5.69 Å². The van der Waals surface area contributed by atoms with Crippen molar-refractivity contribution in [1.82, 2.24) is 0 Å². The molecule has 2 atom stereocenters. The van der Waals surface area contributed by atoms with Crippen LogP contribution in [-0.2, 0) is 4.84 Å². The standard InChI is InChI=1S/C18H22N2O2/c1-11-5-7-14(8-6-11)19-17(21)22-20-16-10-13-9-15(12(16)2)18(13,3)4/h5-8,13,15H,2,9-10H2,1,3-4H3,(H,19,21)/b20-16+. The number of oxime groups is 1. The Balaban J connectivity index is 1.59. The smallest absolute Gasteiger partial charge is 0.298 e. The van der Waals surface area contributed by atoms with Crippen molar-refractivity contribution in [2.24, 2.45) is 22.4 Å². The summed E-state index contributed by atoms with van der Waals surface area (Å²) in [4.78, 5) is 16.8. The zero-order valence-electron chi connectivity index (χ0n) is 13.3. The lowest BCUT2D eigenvalue weighted by Crippen LogP contribution is -2.52. The van der Waals surface area contributed by atoms with Crippen molar-refractivity contribution >= 4 is 17.5 Å². The Morgan fingerprint density at radius 3 is 2.64 bits per heavy atom. The highest BCUT2D eigenvalue weighted by molar-refractivity contribution is 6.02. The van der Waals surface area contributed by atoms with Gasteiger partial charge in [0.2, 0.25) is 0 Å². The number of carbonyl (C=O) groups excluding carboxylic acids is 1. The Morgan fingerprint density at radius 1 is 1.36 bits per heavy atom. The summed E-state index contributed by atoms with van der Waals surface area (Å²) in [6.45, 7) is 10.7. The van der Waals surface area contributed by atoms with E-state index in [9.17, 15) is 4.79 Å². The third-order valence-electron chi connectivity index (χ3n) is 5.24. The second-order valence-corrected chi connectivity index (χ2v) is 6.94. The molecular weight excluding hydrogens is 276 g/mol. The van der Waals surface area contributed by atoms with E-state index in [1.54, 1.807) is 0 Å². The topological polar surface area (TPSA) is 50.7 Å². The van der Waals surface area contributed by atoms with Gasteiger partial charge in [-0.2, -0.15) is 0 Å². The number of amides is 1. The van der Waals surface area contributed by atoms with Crippen LogP contribution in [-0.4, -0.2) is 11.8 Å². The van der Waals surface area contributed by atoms with Crippen molar-refractivity contribution in [3.8, 4) is 0 Å². The minimum Gasteiger partial charge on any atom is -0.298 e. The molecule has 0 saturated heterocycles. The molecule has 3 saturated carbocycles. The molecule has 4 heteroatoms. The van der Waals surface area contributed by atoms with Crippen LogP contribution in [0.1, 0.15) is 32.3 Å². The number of carbonyl (C=O) groups is 1. The van der Waals surface area contributed by atoms with Crippen molar-refractivity contribution in [2.45, 2.75) is 33.6 Å². The maximum absolute atomic E-state index is 11.8. The quantitative estimate of drug-likeness (QED) is 0.644. The summed E-state index contributed by atoms with van der Waals surface area (Å²) < 4.78 is 0. The molecule has 0 aliphatic heterocycles. The number of hydrogen-bond acceptors (Lipinski definition) is 3. The molecule has 1 aromatic carbocycles. The van der Waals surface area contributed by atoms with Crippen LogP contribution in [0.5, 0.6) is 0 Å². The van der Waals surface area contributed by atoms with Crippen molar-refractivity contribution in [1.29, 1.82) is 0 Å². The van der Waals surface area contributed by atoms with Crippen LogP contribution in [0.15, 0.2) is 41.6 Å². The monoisotopic (exact) mass is 298 g/mol. The van der Waals surface area contributed by atoms with E-state index in [0.29, 0.717) is 22.9 Å². The molecule has 1 aromatic rings. The number of nitrogens with zero attached hydrogens (tertiary/aromatic N) is 1. The molecule has 3 aliphatic rings. The maximum Gasteiger partial charge on any atom is 0.437 e. The first kappa shape index (κ1) is 14.8. The SMILES string of the molecule is C=C1/C(=N/OC(=O)Nc2ccc(C)cc2)CC2CC1C2(C)C. The van der Waals surface area contributed by atoms with Crippen LogP contribution in [0, 0.1) is 24.2 Å². The van der Waals surface area contributed by atoms with Gasteiger partial charge in [0.15, 0.2) is 0 Å². The van der Waals surface area contributed by atoms with Gasteiger partial charge < -0.3 is 0 Å². The van der Waals surface area contributed by atoms with E-state index in [0.717, 1.165) is 23.3 Å². The molecule has 0 radical (unpaired) electrons. The summed E-state index contributed by atoms with van der Waals surface area (Å²) in [5, 5.41) is 6.69. The van der Waals surface area contributed by atoms with Crippen LogP contribution >= 0.6 is 0 Å². The van der Waals surface area contributed by atoms with Crippen molar-refractivity contribution < 1.29 is 9.63 Å². The second-order valence-electron chi connectivity index (χ2n) is 6.94. The molecule has 4 rings (SSSR count). The van der Waals surface area contributed by atoms with E-state index in [1.165, 1.54) is 6.42 Å². The van der Waals surface area contributed by atoms with E-state index >= 15 is 0 Å². The van der Waals surface area contributed by atoms with Crippen LogP contribution in [0.3, 0.4) is 0 Å². The fraction of sp³-hybridized carbons (Fsp3) is 0.444. The molecule has 2 unspecified atom stereocenters. The largest absolute Gasteiger partial charge is 0.437 e. The van der Waals surface area contributed by atoms with E-state index < -0.39 is 6.09 Å². The molecule has 1 N–H and O–H groups in total. The van der Waals surface area contributed by atoms with Gasteiger partial charge in [-0.25, -0.2) is 4.79 Å². The Hall–Kier alpha value is -2.10. The number of aryl methyl sites for hydroxylation is 1. The van der Waals surface area contributed by atoms with Gasteiger partial charge in [-0.1, -0.05) is 43.3 Å². The zero-order chi connectivity index (χ0) is 15.9. The molecule has 1 amide bonds. The molecule has 0 spiro atoms. The Kier molecular flexibility index (Phi) is 3.55. The Morgan fingerprint density at radius 2 is 2.05 bits per heavy atom. The Bertz CT molecular complexity index is 644. The molecule has 3 aliphatic carbocycles. The molecule has 22 heavy (non-hydrogen) atoms. The summed E-state index contributed by atoms with van der Waals surface area (Å²) in [5.41, 5.74) is 4.00. The molecule has 0 aromatic heterocycles. The van der Waals surface area contributed by atoms with Gasteiger partial charge in [0.25, 0.3) is 0 Å². The van der Waals surface area contributed by atoms with E-state index in [-0.39, 0.29) is 0 Å². The number of nitrogens with one attached hydrogen (secondary N) is 1. The highest BCUT2D eigenvalue weighted by Crippen LogP contribution is 2.59. The average Bonchev–Trinajstić information content (AvgIpc) is 2.48. The average molecular weight is 298 g/mol. The lowest BCUT2D eigenvalue weighted by molar-refractivity contribution is 0.000580. The lowest BCUT2D eigenvalue weighted by atomic mass is 9.47. The predicted molar refractivity (Wildman–Crippen MR) is 87.9 cm³/mol. The highest BCUT2D eigenvalue weighted by atomic mass is 16.7. The molecule has 116 valence electrons. The lowest BCUT2D eigenvalue weighted by Gasteiger charge is -2.57. The number of anilines is 1. The number of allylic oxidation sites excluding steroid dienone is 1. The van der Waals surface area contributed by atoms with Crippen LogP contribution < -0.4 is 5.32 Å². The minimum atomic E-state index is -0.567. The molecular formula is C18H22N2O2. The van der Waals surface area contributed by atoms with E-state index in [2.05, 4.69) is 30.9 Å². The zero-order valence-corrected chi connectivity index (χ0v) is 13.3. The minimum absolute atomic E-state index is 0.306. The first-order valence-electron chi connectivity index (χ1n) is 7.68. The van der Waals surface area contributed by atoms with Crippen molar-refractivity contribution in [2.75, 3.05) is 5.32 Å². The first-order valence-corrected chi connectivity index (χ1v) is 7.68. The fourth-order valence-electron chi connectivity index (χ4n) is 3.49. The summed E-state index contributed by atoms with van der Waals surface area (Å²) in [7, 11) is 0. The summed E-state index contributed by atoms with van der Waals surface area (Å²) in [6, 6.07) is 7.53. The molecule has 0 heterocycles. The van der Waals surface area contributed by atoms with E-state index in [4.69, 9.17) is 4.84 Å². The van der Waals surface area contributed by atoms with Crippen LogP contribution in [0.2, 0.25) is 0 Å². The van der Waals surface area contributed by atoms with E-state index in [1.807, 2.05) is 31.2 Å².